The van der Waals surface area contributed by atoms with E-state index in [2.05, 4.69) is 91.8 Å². The van der Waals surface area contributed by atoms with Gasteiger partial charge in [0.15, 0.2) is 12.3 Å². The van der Waals surface area contributed by atoms with Gasteiger partial charge in [0, 0.05) is 53.2 Å². The van der Waals surface area contributed by atoms with E-state index in [0.717, 1.165) is 22.8 Å². The Hall–Kier alpha value is -3.71. The largest absolute Gasteiger partial charge is 1.00 e. The predicted molar refractivity (Wildman–Crippen MR) is 165 cm³/mol. The number of nitrogens with zero attached hydrogens (tertiary/aromatic N) is 2. The van der Waals surface area contributed by atoms with Crippen LogP contribution in [-0.4, -0.2) is 48.5 Å². The highest BCUT2D eigenvalue weighted by atomic mass is 79.9. The quantitative estimate of drug-likeness (QED) is 0.228. The highest BCUT2D eigenvalue weighted by Gasteiger charge is 2.44. The van der Waals surface area contributed by atoms with Crippen molar-refractivity contribution in [2.45, 2.75) is 52.4 Å². The molecule has 0 spiro atoms. The molecular formula is C35H41BrN2O4. The Morgan fingerprint density at radius 3 is 2.10 bits per heavy atom. The molecule has 2 aliphatic rings. The van der Waals surface area contributed by atoms with Crippen LogP contribution >= 0.6 is 0 Å². The average molecular weight is 634 g/mol. The van der Waals surface area contributed by atoms with Gasteiger partial charge >= 0.3 is 11.9 Å². The zero-order valence-corrected chi connectivity index (χ0v) is 27.0. The number of allylic oxidation sites excluding steroid dienone is 4. The van der Waals surface area contributed by atoms with E-state index >= 15 is 0 Å². The van der Waals surface area contributed by atoms with E-state index in [1.807, 2.05) is 24.3 Å². The monoisotopic (exact) mass is 632 g/mol. The molecule has 42 heavy (non-hydrogen) atoms. The molecule has 2 aliphatic heterocycles. The minimum atomic E-state index is -0.332. The molecule has 0 unspecified atom stereocenters. The van der Waals surface area contributed by atoms with Gasteiger partial charge in [-0.1, -0.05) is 62.4 Å². The molecular weight excluding hydrogens is 592 g/mol. The van der Waals surface area contributed by atoms with Crippen molar-refractivity contribution < 1.29 is 40.6 Å². The first-order chi connectivity index (χ1) is 19.6. The van der Waals surface area contributed by atoms with Crippen molar-refractivity contribution in [1.82, 2.24) is 0 Å². The fourth-order valence-electron chi connectivity index (χ4n) is 5.80. The second-order valence-corrected chi connectivity index (χ2v) is 11.1. The summed E-state index contributed by atoms with van der Waals surface area (Å²) in [6, 6.07) is 16.8. The van der Waals surface area contributed by atoms with Crippen LogP contribution in [0.25, 0.3) is 0 Å². The number of hydrogen-bond donors (Lipinski definition) is 0. The van der Waals surface area contributed by atoms with Crippen LogP contribution in [0, 0.1) is 0 Å². The van der Waals surface area contributed by atoms with Crippen LogP contribution in [0.4, 0.5) is 11.4 Å². The summed E-state index contributed by atoms with van der Waals surface area (Å²) < 4.78 is 12.4. The Kier molecular flexibility index (Phi) is 10.9. The van der Waals surface area contributed by atoms with Gasteiger partial charge in [0.25, 0.3) is 0 Å². The standard InChI is InChI=1S/C35H41N2O4.BrH/c1-7-40-32(38)22-14-24-36-28-18-11-9-16-26(28)34(3,4)30(36)20-13-21-31-35(5,6)27-17-10-12-19-29(27)37(31)25-15-23-33(39)41-8-2;/h9-23H,7-8,24-25H2,1-6H3;1H/q+1;/p-1. The van der Waals surface area contributed by atoms with Crippen molar-refractivity contribution in [1.29, 1.82) is 0 Å². The SMILES string of the molecule is CCOC(=O)C=CCN1C(=CC=CC2=[N+](CC=CC(=O)OCC)c3ccccc3C2(C)C)C(C)(C)c2ccccc21.[Br-]. The summed E-state index contributed by atoms with van der Waals surface area (Å²) >= 11 is 0. The topological polar surface area (TPSA) is 58.8 Å². The van der Waals surface area contributed by atoms with Crippen LogP contribution in [0.3, 0.4) is 0 Å². The van der Waals surface area contributed by atoms with Gasteiger partial charge < -0.3 is 31.4 Å². The maximum atomic E-state index is 11.9. The lowest BCUT2D eigenvalue weighted by atomic mass is 9.81. The summed E-state index contributed by atoms with van der Waals surface area (Å²) in [7, 11) is 0. The molecule has 222 valence electrons. The number of anilines is 1. The molecule has 7 heteroatoms. The van der Waals surface area contributed by atoms with Crippen LogP contribution in [0.1, 0.15) is 52.7 Å². The van der Waals surface area contributed by atoms with E-state index in [9.17, 15) is 9.59 Å². The smallest absolute Gasteiger partial charge is 0.330 e. The summed E-state index contributed by atoms with van der Waals surface area (Å²) in [5, 5.41) is 0. The molecule has 0 amide bonds. The maximum Gasteiger partial charge on any atom is 0.330 e. The van der Waals surface area contributed by atoms with Crippen LogP contribution < -0.4 is 21.9 Å². The van der Waals surface area contributed by atoms with E-state index in [4.69, 9.17) is 9.47 Å². The fraction of sp³-hybridized carbons (Fsp3) is 0.343. The van der Waals surface area contributed by atoms with Crippen molar-refractivity contribution in [3.63, 3.8) is 0 Å². The number of carbonyl (C=O) groups is 2. The van der Waals surface area contributed by atoms with Crippen molar-refractivity contribution >= 4 is 29.0 Å². The Balaban J connectivity index is 0.00000484. The molecule has 4 rings (SSSR count). The minimum Gasteiger partial charge on any atom is -1.00 e. The van der Waals surface area contributed by atoms with Crippen molar-refractivity contribution in [2.75, 3.05) is 31.2 Å². The summed E-state index contributed by atoms with van der Waals surface area (Å²) in [6.45, 7) is 14.3. The van der Waals surface area contributed by atoms with E-state index in [1.165, 1.54) is 23.3 Å². The van der Waals surface area contributed by atoms with E-state index in [-0.39, 0.29) is 39.8 Å². The Bertz CT molecular complexity index is 1460. The Morgan fingerprint density at radius 1 is 0.833 bits per heavy atom. The van der Waals surface area contributed by atoms with Gasteiger partial charge in [0.05, 0.1) is 18.6 Å². The minimum absolute atomic E-state index is 0. The average Bonchev–Trinajstić information content (AvgIpc) is 3.28. The molecule has 0 aliphatic carbocycles. The third kappa shape index (κ3) is 6.67. The molecule has 0 saturated carbocycles. The zero-order chi connectivity index (χ0) is 29.6. The summed E-state index contributed by atoms with van der Waals surface area (Å²) in [6.07, 6.45) is 13.2. The van der Waals surface area contributed by atoms with Gasteiger partial charge in [0.2, 0.25) is 5.69 Å². The number of halogens is 1. The van der Waals surface area contributed by atoms with Gasteiger partial charge in [-0.05, 0) is 51.5 Å². The van der Waals surface area contributed by atoms with Gasteiger partial charge in [-0.3, -0.25) is 0 Å². The first kappa shape index (κ1) is 32.8. The van der Waals surface area contributed by atoms with E-state index in [0.29, 0.717) is 26.3 Å². The van der Waals surface area contributed by atoms with E-state index < -0.39 is 0 Å². The highest BCUT2D eigenvalue weighted by molar-refractivity contribution is 6.03. The summed E-state index contributed by atoms with van der Waals surface area (Å²) in [5.74, 6) is -0.664. The third-order valence-corrected chi connectivity index (χ3v) is 7.76. The lowest BCUT2D eigenvalue weighted by Gasteiger charge is -2.26. The normalized spacial score (nSPS) is 17.7. The number of fused-ring (bicyclic) bond motifs is 2. The van der Waals surface area contributed by atoms with Crippen LogP contribution in [0.2, 0.25) is 0 Å². The molecule has 0 fully saturated rings. The summed E-state index contributed by atoms with van der Waals surface area (Å²) in [4.78, 5) is 26.1. The second kappa shape index (κ2) is 14.0. The molecule has 2 heterocycles. The van der Waals surface area contributed by atoms with Crippen LogP contribution in [-0.2, 0) is 29.9 Å². The van der Waals surface area contributed by atoms with Gasteiger partial charge in [-0.25, -0.2) is 9.59 Å². The highest BCUT2D eigenvalue weighted by Crippen LogP contribution is 2.47. The number of rotatable bonds is 10. The number of esters is 2. The first-order valence-electron chi connectivity index (χ1n) is 14.3. The van der Waals surface area contributed by atoms with E-state index in [1.54, 1.807) is 13.8 Å². The molecule has 0 bridgehead atoms. The molecule has 0 atom stereocenters. The lowest BCUT2D eigenvalue weighted by molar-refractivity contribution is -0.425. The Labute approximate surface area is 260 Å². The molecule has 0 radical (unpaired) electrons. The Morgan fingerprint density at radius 2 is 1.43 bits per heavy atom. The molecule has 2 aromatic rings. The molecule has 6 nitrogen and oxygen atoms in total. The first-order valence-corrected chi connectivity index (χ1v) is 14.3. The van der Waals surface area contributed by atoms with Crippen LogP contribution in [0.15, 0.2) is 96.8 Å². The zero-order valence-electron chi connectivity index (χ0n) is 25.4. The fourth-order valence-corrected chi connectivity index (χ4v) is 5.80. The molecule has 0 saturated heterocycles. The molecule has 0 N–H and O–H groups in total. The molecule has 0 aromatic heterocycles. The van der Waals surface area contributed by atoms with Crippen molar-refractivity contribution in [2.24, 2.45) is 0 Å². The number of benzene rings is 2. The number of carbonyl (C=O) groups excluding carboxylic acids is 2. The second-order valence-electron chi connectivity index (χ2n) is 11.1. The van der Waals surface area contributed by atoms with Gasteiger partial charge in [0.1, 0.15) is 0 Å². The van der Waals surface area contributed by atoms with Gasteiger partial charge in [-0.2, -0.15) is 4.58 Å². The van der Waals surface area contributed by atoms with Crippen LogP contribution in [0.5, 0.6) is 0 Å². The number of hydrogen-bond acceptors (Lipinski definition) is 5. The lowest BCUT2D eigenvalue weighted by Crippen LogP contribution is -3.00. The third-order valence-electron chi connectivity index (χ3n) is 7.76. The molecule has 2 aromatic carbocycles. The number of ether oxygens (including phenoxy) is 2. The predicted octanol–water partition coefficient (Wildman–Crippen LogP) is 3.54. The van der Waals surface area contributed by atoms with Gasteiger partial charge in [-0.15, -0.1) is 0 Å². The van der Waals surface area contributed by atoms with Crippen molar-refractivity contribution in [3.8, 4) is 0 Å². The summed E-state index contributed by atoms with van der Waals surface area (Å²) in [5.41, 5.74) is 6.61. The number of para-hydroxylation sites is 2. The maximum absolute atomic E-state index is 11.9. The van der Waals surface area contributed by atoms with Crippen molar-refractivity contribution in [3.05, 3.63) is 108 Å².